The lowest BCUT2D eigenvalue weighted by molar-refractivity contribution is 0.263. The Labute approximate surface area is 125 Å². The van der Waals surface area contributed by atoms with Gasteiger partial charge >= 0.3 is 0 Å². The number of hydrogen-bond acceptors (Lipinski definition) is 1. The zero-order valence-electron chi connectivity index (χ0n) is 11.0. The third kappa shape index (κ3) is 3.25. The quantitative estimate of drug-likeness (QED) is 0.820. The monoisotopic (exact) mass is 340 g/mol. The Hall–Kier alpha value is -1.26. The summed E-state index contributed by atoms with van der Waals surface area (Å²) >= 11 is 3.06. The number of aliphatic hydroxyl groups is 1. The minimum atomic E-state index is -0.601. The first kappa shape index (κ1) is 15.1. The lowest BCUT2D eigenvalue weighted by Gasteiger charge is -2.16. The zero-order chi connectivity index (χ0) is 14.7. The Morgan fingerprint density at radius 2 is 1.95 bits per heavy atom. The van der Waals surface area contributed by atoms with Crippen LogP contribution in [0.5, 0.6) is 0 Å². The normalized spacial score (nSPS) is 12.4. The maximum absolute atomic E-state index is 14.0. The Morgan fingerprint density at radius 3 is 2.60 bits per heavy atom. The lowest BCUT2D eigenvalue weighted by atomic mass is 9.91. The zero-order valence-corrected chi connectivity index (χ0v) is 12.6. The van der Waals surface area contributed by atoms with Crippen LogP contribution in [0.15, 0.2) is 40.9 Å². The molecule has 0 bridgehead atoms. The van der Waals surface area contributed by atoms with E-state index in [0.29, 0.717) is 0 Å². The molecule has 1 atom stereocenters. The average Bonchev–Trinajstić information content (AvgIpc) is 2.43. The van der Waals surface area contributed by atoms with Crippen LogP contribution in [0.1, 0.15) is 22.6 Å². The molecule has 2 aromatic rings. The third-order valence-corrected chi connectivity index (χ3v) is 3.94. The number of hydrogen-bond donors (Lipinski definition) is 1. The fourth-order valence-corrected chi connectivity index (χ4v) is 2.59. The molecule has 0 heterocycles. The van der Waals surface area contributed by atoms with Gasteiger partial charge in [-0.3, -0.25) is 0 Å². The second-order valence-electron chi connectivity index (χ2n) is 4.82. The molecule has 0 aliphatic rings. The molecule has 0 aliphatic carbocycles. The first-order chi connectivity index (χ1) is 9.52. The van der Waals surface area contributed by atoms with Crippen LogP contribution in [-0.4, -0.2) is 11.7 Å². The van der Waals surface area contributed by atoms with E-state index >= 15 is 0 Å². The Morgan fingerprint density at radius 1 is 1.20 bits per heavy atom. The molecule has 0 radical (unpaired) electrons. The van der Waals surface area contributed by atoms with Crippen LogP contribution in [0.2, 0.25) is 0 Å². The van der Waals surface area contributed by atoms with Gasteiger partial charge in [-0.2, -0.15) is 0 Å². The largest absolute Gasteiger partial charge is 0.396 e. The fourth-order valence-electron chi connectivity index (χ4n) is 2.21. The molecule has 1 nitrogen and oxygen atoms in total. The highest BCUT2D eigenvalue weighted by Crippen LogP contribution is 2.28. The number of aryl methyl sites for hydroxylation is 1. The summed E-state index contributed by atoms with van der Waals surface area (Å²) in [5.74, 6) is -1.51. The summed E-state index contributed by atoms with van der Waals surface area (Å²) in [6, 6.07) is 10.2. The van der Waals surface area contributed by atoms with Crippen LogP contribution >= 0.6 is 15.9 Å². The second kappa shape index (κ2) is 6.46. The van der Waals surface area contributed by atoms with E-state index in [1.54, 1.807) is 0 Å². The molecule has 0 amide bonds. The lowest BCUT2D eigenvalue weighted by Crippen LogP contribution is -2.11. The molecule has 0 saturated carbocycles. The van der Waals surface area contributed by atoms with Crippen molar-refractivity contribution in [1.82, 2.24) is 0 Å². The van der Waals surface area contributed by atoms with E-state index in [4.69, 9.17) is 0 Å². The van der Waals surface area contributed by atoms with E-state index < -0.39 is 11.6 Å². The number of benzene rings is 2. The van der Waals surface area contributed by atoms with Crippen molar-refractivity contribution in [2.75, 3.05) is 6.61 Å². The topological polar surface area (TPSA) is 20.2 Å². The highest BCUT2D eigenvalue weighted by atomic mass is 79.9. The van der Waals surface area contributed by atoms with Gasteiger partial charge in [0.1, 0.15) is 11.6 Å². The smallest absolute Gasteiger partial charge is 0.143 e. The first-order valence-electron chi connectivity index (χ1n) is 6.32. The van der Waals surface area contributed by atoms with E-state index in [-0.39, 0.29) is 29.0 Å². The van der Waals surface area contributed by atoms with Crippen LogP contribution in [0.4, 0.5) is 8.78 Å². The molecule has 0 fully saturated rings. The standard InChI is InChI=1S/C16H15BrF2O/c1-10-3-2-4-11(7-10)12(9-20)8-13-15(18)6-5-14(17)16(13)19/h2-7,12,20H,8-9H2,1H3. The van der Waals surface area contributed by atoms with Crippen molar-refractivity contribution in [3.63, 3.8) is 0 Å². The van der Waals surface area contributed by atoms with Crippen molar-refractivity contribution in [2.45, 2.75) is 19.3 Å². The molecular formula is C16H15BrF2O. The van der Waals surface area contributed by atoms with Gasteiger partial charge in [-0.05, 0) is 47.0 Å². The van der Waals surface area contributed by atoms with E-state index in [0.717, 1.165) is 11.1 Å². The van der Waals surface area contributed by atoms with Gasteiger partial charge in [-0.1, -0.05) is 29.8 Å². The second-order valence-corrected chi connectivity index (χ2v) is 5.67. The number of halogens is 3. The van der Waals surface area contributed by atoms with E-state index in [1.807, 2.05) is 31.2 Å². The summed E-state index contributed by atoms with van der Waals surface area (Å²) in [5, 5.41) is 9.53. The summed E-state index contributed by atoms with van der Waals surface area (Å²) in [5.41, 5.74) is 1.93. The van der Waals surface area contributed by atoms with E-state index in [2.05, 4.69) is 15.9 Å². The molecule has 1 N–H and O–H groups in total. The van der Waals surface area contributed by atoms with Crippen molar-refractivity contribution < 1.29 is 13.9 Å². The SMILES string of the molecule is Cc1cccc(C(CO)Cc2c(F)ccc(Br)c2F)c1. The minimum Gasteiger partial charge on any atom is -0.396 e. The highest BCUT2D eigenvalue weighted by Gasteiger charge is 2.18. The summed E-state index contributed by atoms with van der Waals surface area (Å²) < 4.78 is 28.0. The van der Waals surface area contributed by atoms with E-state index in [1.165, 1.54) is 12.1 Å². The van der Waals surface area contributed by atoms with Crippen LogP contribution in [0.3, 0.4) is 0 Å². The molecular weight excluding hydrogens is 326 g/mol. The van der Waals surface area contributed by atoms with Gasteiger partial charge < -0.3 is 5.11 Å². The Balaban J connectivity index is 2.34. The van der Waals surface area contributed by atoms with Gasteiger partial charge in [-0.15, -0.1) is 0 Å². The summed E-state index contributed by atoms with van der Waals surface area (Å²) in [4.78, 5) is 0. The summed E-state index contributed by atoms with van der Waals surface area (Å²) in [6.45, 7) is 1.78. The molecule has 0 aromatic heterocycles. The van der Waals surface area contributed by atoms with E-state index in [9.17, 15) is 13.9 Å². The van der Waals surface area contributed by atoms with Crippen LogP contribution in [-0.2, 0) is 6.42 Å². The Kier molecular flexibility index (Phi) is 4.89. The van der Waals surface area contributed by atoms with Crippen molar-refractivity contribution in [2.24, 2.45) is 0 Å². The molecule has 0 saturated heterocycles. The van der Waals surface area contributed by atoms with Gasteiger partial charge in [0.2, 0.25) is 0 Å². The maximum atomic E-state index is 14.0. The van der Waals surface area contributed by atoms with Crippen molar-refractivity contribution in [1.29, 1.82) is 0 Å². The predicted octanol–water partition coefficient (Wildman–Crippen LogP) is 4.35. The van der Waals surface area contributed by atoms with Gasteiger partial charge in [0.05, 0.1) is 11.1 Å². The van der Waals surface area contributed by atoms with Crippen molar-refractivity contribution in [3.8, 4) is 0 Å². The van der Waals surface area contributed by atoms with Crippen LogP contribution in [0, 0.1) is 18.6 Å². The summed E-state index contributed by atoms with van der Waals surface area (Å²) in [7, 11) is 0. The molecule has 20 heavy (non-hydrogen) atoms. The van der Waals surface area contributed by atoms with Crippen LogP contribution in [0.25, 0.3) is 0 Å². The molecule has 2 rings (SSSR count). The van der Waals surface area contributed by atoms with Gasteiger partial charge in [-0.25, -0.2) is 8.78 Å². The average molecular weight is 341 g/mol. The molecule has 0 aliphatic heterocycles. The predicted molar refractivity (Wildman–Crippen MR) is 78.8 cm³/mol. The van der Waals surface area contributed by atoms with Crippen molar-refractivity contribution >= 4 is 15.9 Å². The van der Waals surface area contributed by atoms with Gasteiger partial charge in [0, 0.05) is 11.5 Å². The van der Waals surface area contributed by atoms with Crippen molar-refractivity contribution in [3.05, 3.63) is 69.2 Å². The first-order valence-corrected chi connectivity index (χ1v) is 7.12. The molecule has 1 unspecified atom stereocenters. The maximum Gasteiger partial charge on any atom is 0.143 e. The molecule has 2 aromatic carbocycles. The van der Waals surface area contributed by atoms with Crippen LogP contribution < -0.4 is 0 Å². The number of rotatable bonds is 4. The molecule has 4 heteroatoms. The third-order valence-electron chi connectivity index (χ3n) is 3.32. The van der Waals surface area contributed by atoms with Gasteiger partial charge in [0.15, 0.2) is 0 Å². The summed E-state index contributed by atoms with van der Waals surface area (Å²) in [6.07, 6.45) is 0.122. The fraction of sp³-hybridized carbons (Fsp3) is 0.250. The minimum absolute atomic E-state index is 0.0000638. The highest BCUT2D eigenvalue weighted by molar-refractivity contribution is 9.10. The van der Waals surface area contributed by atoms with Gasteiger partial charge in [0.25, 0.3) is 0 Å². The molecule has 0 spiro atoms. The Bertz CT molecular complexity index is 613. The number of aliphatic hydroxyl groups excluding tert-OH is 1. The molecule has 106 valence electrons.